The van der Waals surface area contributed by atoms with Gasteiger partial charge in [0.25, 0.3) is 0 Å². The van der Waals surface area contributed by atoms with Gasteiger partial charge in [-0.1, -0.05) is 24.3 Å². The predicted octanol–water partition coefficient (Wildman–Crippen LogP) is 4.14. The third-order valence-electron chi connectivity index (χ3n) is 5.39. The second-order valence-corrected chi connectivity index (χ2v) is 7.08. The lowest BCUT2D eigenvalue weighted by Gasteiger charge is -2.32. The number of ketones is 1. The molecule has 0 fully saturated rings. The van der Waals surface area contributed by atoms with Gasteiger partial charge in [-0.25, -0.2) is 4.68 Å². The normalized spacial score (nSPS) is 18.7. The van der Waals surface area contributed by atoms with Gasteiger partial charge in [-0.2, -0.15) is 5.10 Å². The third kappa shape index (κ3) is 2.50. The molecular formula is C22H20N4O. The number of pyridine rings is 1. The molecule has 0 saturated carbocycles. The maximum absolute atomic E-state index is 12.9. The fraction of sp³-hybridized carbons (Fsp3) is 0.227. The van der Waals surface area contributed by atoms with Crippen LogP contribution in [-0.2, 0) is 4.79 Å². The van der Waals surface area contributed by atoms with Gasteiger partial charge >= 0.3 is 0 Å². The van der Waals surface area contributed by atoms with E-state index < -0.39 is 0 Å². The summed E-state index contributed by atoms with van der Waals surface area (Å²) < 4.78 is 1.95. The molecule has 1 N–H and O–H groups in total. The molecule has 1 atom stereocenters. The van der Waals surface area contributed by atoms with Gasteiger partial charge in [0.1, 0.15) is 5.82 Å². The molecule has 1 aliphatic heterocycles. The van der Waals surface area contributed by atoms with Crippen LogP contribution in [0.4, 0.5) is 5.82 Å². The largest absolute Gasteiger partial charge is 0.343 e. The molecule has 5 nitrogen and oxygen atoms in total. The van der Waals surface area contributed by atoms with Crippen molar-refractivity contribution in [1.82, 2.24) is 14.8 Å². The summed E-state index contributed by atoms with van der Waals surface area (Å²) in [6.07, 6.45) is 4.16. The predicted molar refractivity (Wildman–Crippen MR) is 104 cm³/mol. The van der Waals surface area contributed by atoms with E-state index in [1.807, 2.05) is 60.1 Å². The highest BCUT2D eigenvalue weighted by atomic mass is 16.1. The molecule has 5 rings (SSSR count). The van der Waals surface area contributed by atoms with Gasteiger partial charge in [0, 0.05) is 29.5 Å². The number of hydrogen-bond acceptors (Lipinski definition) is 4. The number of Topliss-reactive ketones (excluding diaryl/α,β-unsaturated/α-hetero) is 1. The summed E-state index contributed by atoms with van der Waals surface area (Å²) >= 11 is 0. The number of rotatable bonds is 2. The number of anilines is 1. The van der Waals surface area contributed by atoms with E-state index in [4.69, 9.17) is 5.10 Å². The molecule has 0 bridgehead atoms. The number of benzene rings is 1. The van der Waals surface area contributed by atoms with Crippen LogP contribution in [0, 0.1) is 6.92 Å². The lowest BCUT2D eigenvalue weighted by molar-refractivity contribution is -0.116. The maximum atomic E-state index is 12.9. The smallest absolute Gasteiger partial charge is 0.161 e. The minimum atomic E-state index is -0.164. The highest BCUT2D eigenvalue weighted by Gasteiger charge is 2.39. The van der Waals surface area contributed by atoms with Crippen molar-refractivity contribution >= 4 is 11.6 Å². The Balaban J connectivity index is 1.76. The van der Waals surface area contributed by atoms with Gasteiger partial charge in [0.05, 0.1) is 23.0 Å². The van der Waals surface area contributed by atoms with Gasteiger partial charge in [-0.3, -0.25) is 9.78 Å². The summed E-state index contributed by atoms with van der Waals surface area (Å²) in [6, 6.07) is 16.0. The monoisotopic (exact) mass is 356 g/mol. The van der Waals surface area contributed by atoms with Crippen LogP contribution in [0.1, 0.15) is 42.1 Å². The molecule has 0 saturated heterocycles. The van der Waals surface area contributed by atoms with Crippen molar-refractivity contribution in [3.8, 4) is 5.69 Å². The molecule has 1 aliphatic carbocycles. The van der Waals surface area contributed by atoms with Crippen LogP contribution in [0.25, 0.3) is 5.69 Å². The molecule has 3 heterocycles. The summed E-state index contributed by atoms with van der Waals surface area (Å²) in [7, 11) is 0. The van der Waals surface area contributed by atoms with Crippen molar-refractivity contribution in [2.75, 3.05) is 5.32 Å². The fourth-order valence-corrected chi connectivity index (χ4v) is 4.22. The molecule has 27 heavy (non-hydrogen) atoms. The second kappa shape index (κ2) is 6.20. The molecular weight excluding hydrogens is 336 g/mol. The van der Waals surface area contributed by atoms with Crippen LogP contribution in [-0.4, -0.2) is 20.5 Å². The van der Waals surface area contributed by atoms with Gasteiger partial charge in [0.2, 0.25) is 0 Å². The first-order valence-corrected chi connectivity index (χ1v) is 9.33. The van der Waals surface area contributed by atoms with Crippen molar-refractivity contribution in [2.24, 2.45) is 0 Å². The lowest BCUT2D eigenvalue weighted by Crippen LogP contribution is -2.28. The van der Waals surface area contributed by atoms with E-state index in [-0.39, 0.29) is 11.7 Å². The standard InChI is InChI=1S/C22H20N4O/c1-14-19-21(16-10-5-6-13-23-16)20-17(11-7-12-18(20)27)24-22(19)26(25-14)15-8-3-2-4-9-15/h2-6,8-10,13,21,24H,7,11-12H2,1H3/t21-/m0/s1. The number of fused-ring (bicyclic) bond motifs is 1. The van der Waals surface area contributed by atoms with Crippen LogP contribution in [0.3, 0.4) is 0 Å². The number of para-hydroxylation sites is 1. The number of allylic oxidation sites excluding steroid dienone is 2. The first-order chi connectivity index (χ1) is 13.2. The van der Waals surface area contributed by atoms with Gasteiger partial charge < -0.3 is 5.32 Å². The minimum Gasteiger partial charge on any atom is -0.343 e. The number of hydrogen-bond donors (Lipinski definition) is 1. The molecule has 2 aromatic heterocycles. The van der Waals surface area contributed by atoms with E-state index >= 15 is 0 Å². The number of carbonyl (C=O) groups excluding carboxylic acids is 1. The van der Waals surface area contributed by atoms with Crippen molar-refractivity contribution < 1.29 is 4.79 Å². The highest BCUT2D eigenvalue weighted by Crippen LogP contribution is 2.46. The van der Waals surface area contributed by atoms with E-state index in [0.717, 1.165) is 52.6 Å². The van der Waals surface area contributed by atoms with Gasteiger partial charge in [-0.05, 0) is 44.0 Å². The molecule has 0 radical (unpaired) electrons. The zero-order valence-corrected chi connectivity index (χ0v) is 15.1. The Labute approximate surface area is 157 Å². The first-order valence-electron chi connectivity index (χ1n) is 9.33. The molecule has 5 heteroatoms. The lowest BCUT2D eigenvalue weighted by atomic mass is 9.77. The Bertz CT molecular complexity index is 1050. The molecule has 0 spiro atoms. The van der Waals surface area contributed by atoms with Crippen molar-refractivity contribution in [3.63, 3.8) is 0 Å². The van der Waals surface area contributed by atoms with E-state index in [1.54, 1.807) is 6.20 Å². The zero-order valence-electron chi connectivity index (χ0n) is 15.1. The quantitative estimate of drug-likeness (QED) is 0.750. The van der Waals surface area contributed by atoms with E-state index in [0.29, 0.717) is 6.42 Å². The van der Waals surface area contributed by atoms with Crippen LogP contribution in [0.5, 0.6) is 0 Å². The molecule has 134 valence electrons. The Hall–Kier alpha value is -3.21. The van der Waals surface area contributed by atoms with Crippen molar-refractivity contribution in [1.29, 1.82) is 0 Å². The summed E-state index contributed by atoms with van der Waals surface area (Å²) in [5.74, 6) is 1.00. The van der Waals surface area contributed by atoms with Crippen molar-refractivity contribution in [2.45, 2.75) is 32.1 Å². The second-order valence-electron chi connectivity index (χ2n) is 7.08. The maximum Gasteiger partial charge on any atom is 0.161 e. The average molecular weight is 356 g/mol. The van der Waals surface area contributed by atoms with E-state index in [1.165, 1.54) is 0 Å². The van der Waals surface area contributed by atoms with Crippen LogP contribution < -0.4 is 5.32 Å². The Morgan fingerprint density at radius 1 is 1.07 bits per heavy atom. The summed E-state index contributed by atoms with van der Waals surface area (Å²) in [5.41, 5.74) is 5.75. The molecule has 1 aromatic carbocycles. The van der Waals surface area contributed by atoms with Crippen LogP contribution >= 0.6 is 0 Å². The molecule has 0 amide bonds. The molecule has 2 aliphatic rings. The number of carbonyl (C=O) groups is 1. The van der Waals surface area contributed by atoms with E-state index in [2.05, 4.69) is 10.3 Å². The van der Waals surface area contributed by atoms with Crippen molar-refractivity contribution in [3.05, 3.63) is 82.9 Å². The van der Waals surface area contributed by atoms with Gasteiger partial charge in [0.15, 0.2) is 5.78 Å². The number of aryl methyl sites for hydroxylation is 1. The van der Waals surface area contributed by atoms with E-state index in [9.17, 15) is 4.79 Å². The number of aromatic nitrogens is 3. The number of nitrogens with one attached hydrogen (secondary N) is 1. The van der Waals surface area contributed by atoms with Crippen LogP contribution in [0.2, 0.25) is 0 Å². The fourth-order valence-electron chi connectivity index (χ4n) is 4.22. The van der Waals surface area contributed by atoms with Gasteiger partial charge in [-0.15, -0.1) is 0 Å². The Kier molecular flexibility index (Phi) is 3.67. The highest BCUT2D eigenvalue weighted by molar-refractivity contribution is 6.01. The topological polar surface area (TPSA) is 59.8 Å². The Morgan fingerprint density at radius 3 is 2.67 bits per heavy atom. The molecule has 3 aromatic rings. The zero-order chi connectivity index (χ0) is 18.4. The third-order valence-corrected chi connectivity index (χ3v) is 5.39. The summed E-state index contributed by atoms with van der Waals surface area (Å²) in [5, 5.41) is 8.36. The number of nitrogens with zero attached hydrogens (tertiary/aromatic N) is 3. The first kappa shape index (κ1) is 16.0. The minimum absolute atomic E-state index is 0.164. The SMILES string of the molecule is Cc1nn(-c2ccccc2)c2c1[C@H](c1ccccn1)C1=C(CCCC1=O)N2. The van der Waals surface area contributed by atoms with Crippen LogP contribution in [0.15, 0.2) is 66.0 Å². The average Bonchev–Trinajstić information content (AvgIpc) is 3.04. The molecule has 0 unspecified atom stereocenters. The summed E-state index contributed by atoms with van der Waals surface area (Å²) in [4.78, 5) is 17.5. The Morgan fingerprint density at radius 2 is 1.89 bits per heavy atom. The summed E-state index contributed by atoms with van der Waals surface area (Å²) in [6.45, 7) is 2.01.